The molecule has 7 heteroatoms. The van der Waals surface area contributed by atoms with Gasteiger partial charge in [-0.15, -0.1) is 0 Å². The summed E-state index contributed by atoms with van der Waals surface area (Å²) in [7, 11) is 1.81. The third-order valence-corrected chi connectivity index (χ3v) is 3.08. The Kier molecular flexibility index (Phi) is 5.40. The fourth-order valence-electron chi connectivity index (χ4n) is 1.89. The van der Waals surface area contributed by atoms with Crippen LogP contribution in [0.1, 0.15) is 5.56 Å². The second-order valence-electron chi connectivity index (χ2n) is 4.83. The van der Waals surface area contributed by atoms with Crippen LogP contribution in [0, 0.1) is 10.1 Å². The highest BCUT2D eigenvalue weighted by molar-refractivity contribution is 5.84. The topological polar surface area (TPSA) is 87.8 Å². The molecule has 0 heterocycles. The van der Waals surface area contributed by atoms with Crippen molar-refractivity contribution in [2.24, 2.45) is 5.10 Å². The molecule has 0 aliphatic heterocycles. The molecule has 0 aliphatic rings. The van der Waals surface area contributed by atoms with Gasteiger partial charge in [-0.2, -0.15) is 5.10 Å². The monoisotopic (exact) mass is 312 g/mol. The summed E-state index contributed by atoms with van der Waals surface area (Å²) in [6.45, 7) is 0.168. The molecule has 0 atom stereocenters. The van der Waals surface area contributed by atoms with Gasteiger partial charge in [0, 0.05) is 24.9 Å². The number of hydrogen-bond acceptors (Lipinski definition) is 5. The van der Waals surface area contributed by atoms with E-state index >= 15 is 0 Å². The number of nitrogens with zero attached hydrogens (tertiary/aromatic N) is 3. The largest absolute Gasteiger partial charge is 0.365 e. The Morgan fingerprint density at radius 3 is 2.48 bits per heavy atom. The highest BCUT2D eigenvalue weighted by Gasteiger charge is 2.06. The maximum absolute atomic E-state index is 11.8. The summed E-state index contributed by atoms with van der Waals surface area (Å²) in [4.78, 5) is 23.7. The average Bonchev–Trinajstić information content (AvgIpc) is 2.56. The highest BCUT2D eigenvalue weighted by Crippen LogP contribution is 2.11. The molecule has 0 spiro atoms. The zero-order valence-corrected chi connectivity index (χ0v) is 12.5. The van der Waals surface area contributed by atoms with E-state index in [2.05, 4.69) is 10.5 Å². The van der Waals surface area contributed by atoms with Crippen molar-refractivity contribution in [3.63, 3.8) is 0 Å². The first-order valence-electron chi connectivity index (χ1n) is 6.89. The summed E-state index contributed by atoms with van der Waals surface area (Å²) in [6.07, 6.45) is 1.43. The van der Waals surface area contributed by atoms with Crippen LogP contribution in [0.15, 0.2) is 59.7 Å². The zero-order valence-electron chi connectivity index (χ0n) is 12.5. The van der Waals surface area contributed by atoms with Gasteiger partial charge in [-0.3, -0.25) is 14.9 Å². The fourth-order valence-corrected chi connectivity index (χ4v) is 1.89. The molecule has 7 nitrogen and oxygen atoms in total. The highest BCUT2D eigenvalue weighted by atomic mass is 16.6. The minimum atomic E-state index is -0.470. The van der Waals surface area contributed by atoms with Crippen LogP contribution in [-0.2, 0) is 4.79 Å². The van der Waals surface area contributed by atoms with E-state index < -0.39 is 4.92 Å². The molecule has 0 radical (unpaired) electrons. The lowest BCUT2D eigenvalue weighted by Crippen LogP contribution is -2.32. The average molecular weight is 312 g/mol. The molecule has 0 aromatic heterocycles. The summed E-state index contributed by atoms with van der Waals surface area (Å²) < 4.78 is 0. The van der Waals surface area contributed by atoms with Gasteiger partial charge in [-0.25, -0.2) is 5.43 Å². The van der Waals surface area contributed by atoms with Crippen molar-refractivity contribution in [3.8, 4) is 0 Å². The summed E-state index contributed by atoms with van der Waals surface area (Å²) in [5.41, 5.74) is 4.03. The third-order valence-electron chi connectivity index (χ3n) is 3.08. The van der Waals surface area contributed by atoms with E-state index in [-0.39, 0.29) is 18.1 Å². The Morgan fingerprint density at radius 1 is 1.22 bits per heavy atom. The minimum absolute atomic E-state index is 0.00988. The van der Waals surface area contributed by atoms with Gasteiger partial charge in [0.25, 0.3) is 11.6 Å². The van der Waals surface area contributed by atoms with Gasteiger partial charge in [0.15, 0.2) is 0 Å². The van der Waals surface area contributed by atoms with Gasteiger partial charge >= 0.3 is 0 Å². The Bertz CT molecular complexity index is 699. The number of likely N-dealkylation sites (N-methyl/N-ethyl adjacent to an activating group) is 1. The van der Waals surface area contributed by atoms with Crippen LogP contribution < -0.4 is 10.3 Å². The van der Waals surface area contributed by atoms with E-state index in [4.69, 9.17) is 0 Å². The predicted octanol–water partition coefficient (Wildman–Crippen LogP) is 2.18. The van der Waals surface area contributed by atoms with Crippen LogP contribution in [0.3, 0.4) is 0 Å². The van der Waals surface area contributed by atoms with Crippen LogP contribution in [0.5, 0.6) is 0 Å². The van der Waals surface area contributed by atoms with Crippen molar-refractivity contribution < 1.29 is 9.72 Å². The number of hydrazone groups is 1. The van der Waals surface area contributed by atoms with E-state index in [1.165, 1.54) is 18.3 Å². The SMILES string of the molecule is CN(CC(=O)N/N=C/c1ccc([N+](=O)[O-])cc1)c1ccccc1. The van der Waals surface area contributed by atoms with E-state index in [9.17, 15) is 14.9 Å². The van der Waals surface area contributed by atoms with Gasteiger partial charge in [-0.1, -0.05) is 18.2 Å². The minimum Gasteiger partial charge on any atom is -0.365 e. The van der Waals surface area contributed by atoms with Gasteiger partial charge in [0.1, 0.15) is 0 Å². The normalized spacial score (nSPS) is 10.5. The first-order chi connectivity index (χ1) is 11.1. The Morgan fingerprint density at radius 2 is 1.87 bits per heavy atom. The van der Waals surface area contributed by atoms with E-state index in [1.807, 2.05) is 37.4 Å². The standard InChI is InChI=1S/C16H16N4O3/c1-19(14-5-3-2-4-6-14)12-16(21)18-17-11-13-7-9-15(10-8-13)20(22)23/h2-11H,12H2,1H3,(H,18,21)/b17-11+. The Hall–Kier alpha value is -3.22. The quantitative estimate of drug-likeness (QED) is 0.503. The molecule has 0 aliphatic carbocycles. The van der Waals surface area contributed by atoms with Crippen molar-refractivity contribution in [1.82, 2.24) is 5.43 Å². The van der Waals surface area contributed by atoms with Gasteiger partial charge in [0.05, 0.1) is 17.7 Å². The molecule has 0 saturated carbocycles. The first-order valence-corrected chi connectivity index (χ1v) is 6.89. The van der Waals surface area contributed by atoms with Crippen molar-refractivity contribution in [1.29, 1.82) is 0 Å². The van der Waals surface area contributed by atoms with Crippen molar-refractivity contribution in [2.75, 3.05) is 18.5 Å². The molecule has 1 N–H and O–H groups in total. The zero-order chi connectivity index (χ0) is 16.7. The maximum atomic E-state index is 11.8. The summed E-state index contributed by atoms with van der Waals surface area (Å²) in [5, 5.41) is 14.4. The molecule has 0 saturated heterocycles. The number of hydrogen-bond donors (Lipinski definition) is 1. The number of non-ortho nitro benzene ring substituents is 1. The molecule has 23 heavy (non-hydrogen) atoms. The van der Waals surface area contributed by atoms with E-state index in [1.54, 1.807) is 17.0 Å². The summed E-state index contributed by atoms with van der Waals surface area (Å²) in [5.74, 6) is -0.255. The molecule has 0 fully saturated rings. The summed E-state index contributed by atoms with van der Waals surface area (Å²) >= 11 is 0. The lowest BCUT2D eigenvalue weighted by atomic mass is 10.2. The number of nitro groups is 1. The number of benzene rings is 2. The van der Waals surface area contributed by atoms with Crippen LogP contribution in [-0.4, -0.2) is 30.6 Å². The molecule has 1 amide bonds. The van der Waals surface area contributed by atoms with E-state index in [0.29, 0.717) is 5.56 Å². The molecular formula is C16H16N4O3. The first kappa shape index (κ1) is 16.2. The number of anilines is 1. The number of amides is 1. The lowest BCUT2D eigenvalue weighted by molar-refractivity contribution is -0.384. The number of carbonyl (C=O) groups is 1. The molecule has 2 aromatic rings. The van der Waals surface area contributed by atoms with Crippen molar-refractivity contribution >= 4 is 23.5 Å². The Balaban J connectivity index is 1.85. The van der Waals surface area contributed by atoms with Crippen LogP contribution in [0.2, 0.25) is 0 Å². The Labute approximate surface area is 133 Å². The molecule has 2 rings (SSSR count). The number of para-hydroxylation sites is 1. The molecule has 2 aromatic carbocycles. The van der Waals surface area contributed by atoms with Gasteiger partial charge in [0.2, 0.25) is 0 Å². The second kappa shape index (κ2) is 7.69. The maximum Gasteiger partial charge on any atom is 0.269 e. The number of nitro benzene ring substituents is 1. The second-order valence-corrected chi connectivity index (χ2v) is 4.83. The summed E-state index contributed by atoms with van der Waals surface area (Å²) in [6, 6.07) is 15.4. The smallest absolute Gasteiger partial charge is 0.269 e. The molecular weight excluding hydrogens is 296 g/mol. The lowest BCUT2D eigenvalue weighted by Gasteiger charge is -2.17. The predicted molar refractivity (Wildman–Crippen MR) is 88.5 cm³/mol. The molecule has 118 valence electrons. The van der Waals surface area contributed by atoms with Crippen LogP contribution in [0.4, 0.5) is 11.4 Å². The van der Waals surface area contributed by atoms with Crippen molar-refractivity contribution in [3.05, 3.63) is 70.3 Å². The number of nitrogens with one attached hydrogen (secondary N) is 1. The molecule has 0 unspecified atom stereocenters. The van der Waals surface area contributed by atoms with Gasteiger partial charge < -0.3 is 4.90 Å². The van der Waals surface area contributed by atoms with Gasteiger partial charge in [-0.05, 0) is 29.8 Å². The molecule has 0 bridgehead atoms. The number of rotatable bonds is 6. The number of carbonyl (C=O) groups excluding carboxylic acids is 1. The fraction of sp³-hybridized carbons (Fsp3) is 0.125. The van der Waals surface area contributed by atoms with Crippen LogP contribution >= 0.6 is 0 Å². The van der Waals surface area contributed by atoms with Crippen LogP contribution in [0.25, 0.3) is 0 Å². The third kappa shape index (κ3) is 4.92. The van der Waals surface area contributed by atoms with Crippen molar-refractivity contribution in [2.45, 2.75) is 0 Å². The van der Waals surface area contributed by atoms with E-state index in [0.717, 1.165) is 5.69 Å².